The first-order chi connectivity index (χ1) is 16.3. The van der Waals surface area contributed by atoms with Gasteiger partial charge in [-0.1, -0.05) is 47.6 Å². The van der Waals surface area contributed by atoms with E-state index in [9.17, 15) is 13.2 Å². The minimum Gasteiger partial charge on any atom is -0.355 e. The number of anilines is 1. The molecule has 0 unspecified atom stereocenters. The van der Waals surface area contributed by atoms with Gasteiger partial charge < -0.3 is 9.84 Å². The molecule has 0 aliphatic carbocycles. The van der Waals surface area contributed by atoms with E-state index in [0.29, 0.717) is 25.1 Å². The van der Waals surface area contributed by atoms with Gasteiger partial charge in [-0.15, -0.1) is 0 Å². The number of amides is 1. The molecule has 1 aliphatic rings. The van der Waals surface area contributed by atoms with E-state index in [1.54, 1.807) is 19.1 Å². The van der Waals surface area contributed by atoms with Crippen LogP contribution in [0.15, 0.2) is 57.9 Å². The fourth-order valence-corrected chi connectivity index (χ4v) is 5.88. The number of benzene rings is 2. The molecule has 2 aromatic carbocycles. The van der Waals surface area contributed by atoms with Crippen molar-refractivity contribution in [2.75, 3.05) is 18.4 Å². The number of sulfonamides is 1. The zero-order valence-electron chi connectivity index (χ0n) is 19.6. The molecule has 34 heavy (non-hydrogen) atoms. The van der Waals surface area contributed by atoms with E-state index in [-0.39, 0.29) is 23.1 Å². The van der Waals surface area contributed by atoms with Crippen molar-refractivity contribution in [1.29, 1.82) is 0 Å². The molecular formula is C26H29N3O4S. The van der Waals surface area contributed by atoms with Gasteiger partial charge in [0.15, 0.2) is 10.7 Å². The van der Waals surface area contributed by atoms with Crippen LogP contribution in [0.5, 0.6) is 0 Å². The molecule has 8 heteroatoms. The van der Waals surface area contributed by atoms with Gasteiger partial charge >= 0.3 is 0 Å². The first-order valence-corrected chi connectivity index (χ1v) is 12.8. The second-order valence-corrected chi connectivity index (χ2v) is 10.6. The lowest BCUT2D eigenvalue weighted by Gasteiger charge is -2.31. The summed E-state index contributed by atoms with van der Waals surface area (Å²) in [5.74, 6) is -0.425. The Kier molecular flexibility index (Phi) is 7.00. The van der Waals surface area contributed by atoms with E-state index >= 15 is 0 Å². The van der Waals surface area contributed by atoms with Crippen LogP contribution in [0, 0.1) is 26.7 Å². The third-order valence-corrected chi connectivity index (χ3v) is 8.21. The van der Waals surface area contributed by atoms with E-state index in [0.717, 1.165) is 22.4 Å². The van der Waals surface area contributed by atoms with Gasteiger partial charge in [-0.25, -0.2) is 8.42 Å². The fraction of sp³-hybridized carbons (Fsp3) is 0.308. The first kappa shape index (κ1) is 23.9. The smallest absolute Gasteiger partial charge is 0.248 e. The molecule has 3 aromatic rings. The minimum absolute atomic E-state index is 0.0508. The predicted octanol–water partition coefficient (Wildman–Crippen LogP) is 4.81. The predicted molar refractivity (Wildman–Crippen MR) is 133 cm³/mol. The molecule has 2 heterocycles. The third-order valence-electron chi connectivity index (χ3n) is 6.19. The molecule has 1 amide bonds. The van der Waals surface area contributed by atoms with E-state index < -0.39 is 15.9 Å². The Labute approximate surface area is 200 Å². The number of carbonyl (C=O) groups excluding carboxylic acids is 1. The average Bonchev–Trinajstić information content (AvgIpc) is 3.22. The number of nitrogens with zero attached hydrogens (tertiary/aromatic N) is 2. The van der Waals surface area contributed by atoms with Crippen LogP contribution >= 0.6 is 0 Å². The molecule has 1 fully saturated rings. The highest BCUT2D eigenvalue weighted by Gasteiger charge is 2.37. The molecule has 1 N–H and O–H groups in total. The number of carbonyl (C=O) groups is 1. The van der Waals surface area contributed by atoms with E-state index in [1.807, 2.05) is 62.4 Å². The Hall–Kier alpha value is -3.23. The maximum Gasteiger partial charge on any atom is 0.248 e. The van der Waals surface area contributed by atoms with Gasteiger partial charge in [-0.3, -0.25) is 4.79 Å². The fourth-order valence-electron chi connectivity index (χ4n) is 4.10. The molecule has 1 saturated heterocycles. The lowest BCUT2D eigenvalue weighted by molar-refractivity contribution is -0.120. The lowest BCUT2D eigenvalue weighted by Crippen LogP contribution is -2.43. The Bertz CT molecular complexity index is 1310. The first-order valence-electron chi connectivity index (χ1n) is 11.3. The summed E-state index contributed by atoms with van der Waals surface area (Å²) in [6, 6.07) is 15.3. The molecule has 0 spiro atoms. The van der Waals surface area contributed by atoms with Crippen LogP contribution in [0.25, 0.3) is 12.2 Å². The van der Waals surface area contributed by atoms with Gasteiger partial charge in [0.25, 0.3) is 0 Å². The molecule has 0 bridgehead atoms. The number of hydrogen-bond acceptors (Lipinski definition) is 5. The highest BCUT2D eigenvalue weighted by Crippen LogP contribution is 2.30. The van der Waals surface area contributed by atoms with Crippen molar-refractivity contribution in [1.82, 2.24) is 9.46 Å². The van der Waals surface area contributed by atoms with Crippen LogP contribution in [-0.4, -0.2) is 36.9 Å². The Morgan fingerprint density at radius 2 is 1.85 bits per heavy atom. The number of aromatic nitrogens is 1. The average molecular weight is 480 g/mol. The van der Waals surface area contributed by atoms with E-state index in [4.69, 9.17) is 4.52 Å². The topological polar surface area (TPSA) is 92.5 Å². The summed E-state index contributed by atoms with van der Waals surface area (Å²) in [5.41, 5.74) is 4.17. The molecule has 0 saturated carbocycles. The van der Waals surface area contributed by atoms with Gasteiger partial charge in [0.05, 0.1) is 5.92 Å². The lowest BCUT2D eigenvalue weighted by atomic mass is 9.98. The second-order valence-electron chi connectivity index (χ2n) is 8.70. The molecule has 4 rings (SSSR count). The van der Waals surface area contributed by atoms with E-state index in [1.165, 1.54) is 4.31 Å². The monoisotopic (exact) mass is 479 g/mol. The number of aryl methyl sites for hydroxylation is 3. The second kappa shape index (κ2) is 9.95. The molecule has 7 nitrogen and oxygen atoms in total. The van der Waals surface area contributed by atoms with Crippen molar-refractivity contribution in [2.24, 2.45) is 5.92 Å². The summed E-state index contributed by atoms with van der Waals surface area (Å²) in [7, 11) is -3.89. The quantitative estimate of drug-likeness (QED) is 0.548. The van der Waals surface area contributed by atoms with Crippen molar-refractivity contribution in [3.05, 3.63) is 76.7 Å². The summed E-state index contributed by atoms with van der Waals surface area (Å²) in [6.45, 7) is 6.09. The van der Waals surface area contributed by atoms with Gasteiger partial charge in [0, 0.05) is 18.8 Å². The summed E-state index contributed by atoms with van der Waals surface area (Å²) < 4.78 is 33.9. The SMILES string of the molecule is Cc1ccc(NC(=O)[C@@H]2CCCN(S(=O)(=O)c3c(C)noc3/C=C/c3ccccc3)C2)cc1C. The number of hydrogen-bond donors (Lipinski definition) is 1. The van der Waals surface area contributed by atoms with Gasteiger partial charge in [-0.05, 0) is 68.5 Å². The maximum absolute atomic E-state index is 13.6. The number of piperidine rings is 1. The number of rotatable bonds is 6. The van der Waals surface area contributed by atoms with Crippen LogP contribution in [-0.2, 0) is 14.8 Å². The number of nitrogens with one attached hydrogen (secondary N) is 1. The van der Waals surface area contributed by atoms with Crippen LogP contribution < -0.4 is 5.32 Å². The summed E-state index contributed by atoms with van der Waals surface area (Å²) in [6.07, 6.45) is 4.64. The molecular weight excluding hydrogens is 450 g/mol. The highest BCUT2D eigenvalue weighted by molar-refractivity contribution is 7.89. The van der Waals surface area contributed by atoms with Crippen LogP contribution in [0.2, 0.25) is 0 Å². The Morgan fingerprint density at radius 1 is 1.09 bits per heavy atom. The maximum atomic E-state index is 13.6. The third kappa shape index (κ3) is 5.13. The standard InChI is InChI=1S/C26H29N3O4S/c1-18-11-13-23(16-19(18)2)27-26(30)22-10-7-15-29(17-22)34(31,32)25-20(3)28-33-24(25)14-12-21-8-5-4-6-9-21/h4-6,8-9,11-14,16,22H,7,10,15,17H2,1-3H3,(H,27,30)/b14-12+/t22-/m1/s1. The van der Waals surface area contributed by atoms with Crippen molar-refractivity contribution in [2.45, 2.75) is 38.5 Å². The van der Waals surface area contributed by atoms with Crippen molar-refractivity contribution in [3.63, 3.8) is 0 Å². The van der Waals surface area contributed by atoms with Gasteiger partial charge in [0.1, 0.15) is 5.69 Å². The molecule has 1 aromatic heterocycles. The highest BCUT2D eigenvalue weighted by atomic mass is 32.2. The summed E-state index contributed by atoms with van der Waals surface area (Å²) in [4.78, 5) is 13.0. The van der Waals surface area contributed by atoms with Crippen LogP contribution in [0.3, 0.4) is 0 Å². The minimum atomic E-state index is -3.89. The van der Waals surface area contributed by atoms with Crippen LogP contribution in [0.1, 0.15) is 41.0 Å². The Morgan fingerprint density at radius 3 is 2.59 bits per heavy atom. The van der Waals surface area contributed by atoms with Crippen molar-refractivity contribution in [3.8, 4) is 0 Å². The molecule has 0 radical (unpaired) electrons. The molecule has 178 valence electrons. The zero-order chi connectivity index (χ0) is 24.3. The summed E-state index contributed by atoms with van der Waals surface area (Å²) in [5, 5.41) is 6.85. The van der Waals surface area contributed by atoms with Gasteiger partial charge in [-0.2, -0.15) is 4.31 Å². The molecule has 1 atom stereocenters. The van der Waals surface area contributed by atoms with E-state index in [2.05, 4.69) is 10.5 Å². The zero-order valence-corrected chi connectivity index (χ0v) is 20.4. The Balaban J connectivity index is 1.52. The summed E-state index contributed by atoms with van der Waals surface area (Å²) >= 11 is 0. The van der Waals surface area contributed by atoms with Crippen molar-refractivity contribution < 1.29 is 17.7 Å². The largest absolute Gasteiger partial charge is 0.355 e. The van der Waals surface area contributed by atoms with Gasteiger partial charge in [0.2, 0.25) is 15.9 Å². The molecule has 1 aliphatic heterocycles. The van der Waals surface area contributed by atoms with Crippen LogP contribution in [0.4, 0.5) is 5.69 Å². The normalized spacial score (nSPS) is 17.2. The van der Waals surface area contributed by atoms with Crippen molar-refractivity contribution >= 4 is 33.8 Å².